The molecule has 2 N–H and O–H groups in total. The molecule has 147 valence electrons. The van der Waals surface area contributed by atoms with Gasteiger partial charge in [-0.15, -0.1) is 0 Å². The Kier molecular flexibility index (Phi) is 5.04. The number of ether oxygens (including phenoxy) is 1. The van der Waals surface area contributed by atoms with Crippen molar-refractivity contribution in [3.8, 4) is 11.1 Å². The Morgan fingerprint density at radius 3 is 2.34 bits per heavy atom. The van der Waals surface area contributed by atoms with Gasteiger partial charge in [-0.2, -0.15) is 0 Å². The zero-order chi connectivity index (χ0) is 19.8. The van der Waals surface area contributed by atoms with E-state index >= 15 is 0 Å². The summed E-state index contributed by atoms with van der Waals surface area (Å²) in [6.07, 6.45) is 7.32. The molecule has 3 aliphatic carbocycles. The Hall–Kier alpha value is -2.33. The highest BCUT2D eigenvalue weighted by molar-refractivity contribution is 5.79. The highest BCUT2D eigenvalue weighted by Gasteiger charge is 2.47. The molecule has 2 atom stereocenters. The molecular formula is C25H24NO3. The van der Waals surface area contributed by atoms with Gasteiger partial charge >= 0.3 is 6.09 Å². The van der Waals surface area contributed by atoms with Crippen molar-refractivity contribution in [2.75, 3.05) is 13.2 Å². The molecule has 0 heterocycles. The van der Waals surface area contributed by atoms with Gasteiger partial charge in [0.15, 0.2) is 0 Å². The molecule has 29 heavy (non-hydrogen) atoms. The normalized spacial score (nSPS) is 23.6. The highest BCUT2D eigenvalue weighted by Crippen LogP contribution is 2.50. The fourth-order valence-corrected chi connectivity index (χ4v) is 5.02. The molecule has 0 bridgehead atoms. The van der Waals surface area contributed by atoms with Gasteiger partial charge in [-0.25, -0.2) is 4.79 Å². The number of aliphatic hydroxyl groups is 1. The summed E-state index contributed by atoms with van der Waals surface area (Å²) in [6, 6.07) is 16.6. The van der Waals surface area contributed by atoms with Gasteiger partial charge in [-0.1, -0.05) is 48.5 Å². The number of amides is 1. The zero-order valence-electron chi connectivity index (χ0n) is 16.2. The van der Waals surface area contributed by atoms with Crippen LogP contribution in [0.2, 0.25) is 0 Å². The summed E-state index contributed by atoms with van der Waals surface area (Å²) in [5, 5.41) is 12.4. The number of fused-ring (bicyclic) bond motifs is 4. The SMILES string of the molecule is O=C(N[C@@H]1C[C@H](CCO)[C]2[CH][CH][CH][C]21)OCC1c2ccccc2-c2ccccc21. The maximum atomic E-state index is 12.6. The van der Waals surface area contributed by atoms with Crippen molar-refractivity contribution in [3.05, 3.63) is 90.8 Å². The van der Waals surface area contributed by atoms with Crippen LogP contribution in [0, 0.1) is 37.0 Å². The number of alkyl carbamates (subject to hydrolysis) is 1. The number of carbonyl (C=O) groups excluding carboxylic acids is 1. The maximum Gasteiger partial charge on any atom is 0.407 e. The van der Waals surface area contributed by atoms with Crippen molar-refractivity contribution < 1.29 is 14.6 Å². The molecule has 5 rings (SSSR count). The molecular weight excluding hydrogens is 362 g/mol. The van der Waals surface area contributed by atoms with Gasteiger partial charge in [0, 0.05) is 24.5 Å². The topological polar surface area (TPSA) is 58.6 Å². The van der Waals surface area contributed by atoms with Crippen LogP contribution in [0.1, 0.15) is 29.9 Å². The summed E-state index contributed by atoms with van der Waals surface area (Å²) >= 11 is 0. The Balaban J connectivity index is 1.25. The van der Waals surface area contributed by atoms with E-state index in [1.54, 1.807) is 0 Å². The summed E-state index contributed by atoms with van der Waals surface area (Å²) in [5.41, 5.74) is 4.87. The maximum absolute atomic E-state index is 12.6. The molecule has 1 amide bonds. The average molecular weight is 386 g/mol. The Morgan fingerprint density at radius 2 is 1.66 bits per heavy atom. The van der Waals surface area contributed by atoms with E-state index in [2.05, 4.69) is 42.4 Å². The van der Waals surface area contributed by atoms with E-state index in [9.17, 15) is 9.90 Å². The van der Waals surface area contributed by atoms with Crippen molar-refractivity contribution in [1.82, 2.24) is 5.32 Å². The number of benzene rings is 2. The van der Waals surface area contributed by atoms with E-state index in [1.807, 2.05) is 30.7 Å². The zero-order valence-corrected chi connectivity index (χ0v) is 16.2. The van der Waals surface area contributed by atoms with E-state index in [4.69, 9.17) is 4.74 Å². The lowest BCUT2D eigenvalue weighted by atomic mass is 9.90. The summed E-state index contributed by atoms with van der Waals surface area (Å²) in [4.78, 5) is 12.6. The molecule has 2 aromatic rings. The number of hydrogen-bond acceptors (Lipinski definition) is 3. The number of nitrogens with one attached hydrogen (secondary N) is 1. The van der Waals surface area contributed by atoms with Crippen LogP contribution in [0.25, 0.3) is 11.1 Å². The second kappa shape index (κ2) is 7.83. The summed E-state index contributed by atoms with van der Waals surface area (Å²) < 4.78 is 5.69. The molecule has 3 aliphatic rings. The minimum atomic E-state index is -0.381. The first kappa shape index (κ1) is 18.7. The first-order chi connectivity index (χ1) is 14.3. The van der Waals surface area contributed by atoms with Crippen LogP contribution in [0.15, 0.2) is 48.5 Å². The molecule has 2 saturated carbocycles. The van der Waals surface area contributed by atoms with Gasteiger partial charge in [0.2, 0.25) is 0 Å². The van der Waals surface area contributed by atoms with Crippen molar-refractivity contribution in [2.45, 2.75) is 24.8 Å². The van der Waals surface area contributed by atoms with E-state index in [-0.39, 0.29) is 24.7 Å². The van der Waals surface area contributed by atoms with Crippen LogP contribution in [0.4, 0.5) is 4.79 Å². The third-order valence-corrected chi connectivity index (χ3v) is 6.33. The molecule has 0 saturated heterocycles. The summed E-state index contributed by atoms with van der Waals surface area (Å²) in [5.74, 6) is 2.75. The van der Waals surface area contributed by atoms with E-state index < -0.39 is 0 Å². The molecule has 4 heteroatoms. The van der Waals surface area contributed by atoms with Crippen LogP contribution in [-0.4, -0.2) is 30.5 Å². The third-order valence-electron chi connectivity index (χ3n) is 6.33. The van der Waals surface area contributed by atoms with E-state index in [0.717, 1.165) is 18.8 Å². The van der Waals surface area contributed by atoms with Gasteiger partial charge in [-0.3, -0.25) is 0 Å². The lowest BCUT2D eigenvalue weighted by Crippen LogP contribution is -2.37. The van der Waals surface area contributed by atoms with Crippen LogP contribution < -0.4 is 5.32 Å². The quantitative estimate of drug-likeness (QED) is 0.814. The summed E-state index contributed by atoms with van der Waals surface area (Å²) in [6.45, 7) is 0.480. The number of rotatable bonds is 5. The molecule has 0 aromatic heterocycles. The van der Waals surface area contributed by atoms with E-state index in [0.29, 0.717) is 12.5 Å². The monoisotopic (exact) mass is 386 g/mol. The first-order valence-electron chi connectivity index (χ1n) is 10.2. The largest absolute Gasteiger partial charge is 0.449 e. The minimum absolute atomic E-state index is 0.0489. The highest BCUT2D eigenvalue weighted by atomic mass is 16.5. The lowest BCUT2D eigenvalue weighted by molar-refractivity contribution is 0.139. The lowest BCUT2D eigenvalue weighted by Gasteiger charge is -2.20. The second-order valence-corrected chi connectivity index (χ2v) is 7.90. The predicted molar refractivity (Wildman–Crippen MR) is 111 cm³/mol. The average Bonchev–Trinajstić information content (AvgIpc) is 3.42. The molecule has 5 radical (unpaired) electrons. The fraction of sp³-hybridized carbons (Fsp3) is 0.280. The Labute approximate surface area is 172 Å². The van der Waals surface area contributed by atoms with Gasteiger partial charge in [0.05, 0.1) is 0 Å². The van der Waals surface area contributed by atoms with Crippen LogP contribution in [0.3, 0.4) is 0 Å². The molecule has 2 aromatic carbocycles. The van der Waals surface area contributed by atoms with E-state index in [1.165, 1.54) is 28.2 Å². The van der Waals surface area contributed by atoms with Gasteiger partial charge in [0.25, 0.3) is 0 Å². The predicted octanol–water partition coefficient (Wildman–Crippen LogP) is 4.07. The van der Waals surface area contributed by atoms with Crippen molar-refractivity contribution in [1.29, 1.82) is 0 Å². The molecule has 2 fully saturated rings. The van der Waals surface area contributed by atoms with Gasteiger partial charge in [-0.05, 0) is 66.2 Å². The Bertz CT molecular complexity index is 850. The van der Waals surface area contributed by atoms with Crippen LogP contribution in [-0.2, 0) is 4.74 Å². The third kappa shape index (κ3) is 3.33. The standard InChI is InChI=1S/C25H24NO3/c27-13-12-16-14-24(22-11-5-10-17(16)22)26-25(28)29-15-23-20-8-3-1-6-18(20)19-7-2-4-9-21(19)23/h1-11,16,23-24,27H,12-15H2,(H,26,28)/t16-,24+/m0/s1. The van der Waals surface area contributed by atoms with Gasteiger partial charge in [0.1, 0.15) is 6.61 Å². The molecule has 0 spiro atoms. The molecule has 4 nitrogen and oxygen atoms in total. The minimum Gasteiger partial charge on any atom is -0.449 e. The number of hydrogen-bond donors (Lipinski definition) is 2. The fourth-order valence-electron chi connectivity index (χ4n) is 5.02. The second-order valence-electron chi connectivity index (χ2n) is 7.90. The molecule has 0 aliphatic heterocycles. The summed E-state index contributed by atoms with van der Waals surface area (Å²) in [7, 11) is 0. The van der Waals surface area contributed by atoms with Crippen molar-refractivity contribution in [3.63, 3.8) is 0 Å². The Morgan fingerprint density at radius 1 is 1.00 bits per heavy atom. The van der Waals surface area contributed by atoms with Crippen LogP contribution in [0.5, 0.6) is 0 Å². The number of carbonyl (C=O) groups is 1. The smallest absolute Gasteiger partial charge is 0.407 e. The first-order valence-corrected chi connectivity index (χ1v) is 10.2. The van der Waals surface area contributed by atoms with Gasteiger partial charge < -0.3 is 15.2 Å². The van der Waals surface area contributed by atoms with Crippen LogP contribution >= 0.6 is 0 Å². The number of aliphatic hydroxyl groups excluding tert-OH is 1. The van der Waals surface area contributed by atoms with Crippen molar-refractivity contribution >= 4 is 6.09 Å². The molecule has 0 unspecified atom stereocenters. The van der Waals surface area contributed by atoms with Crippen molar-refractivity contribution in [2.24, 2.45) is 5.92 Å².